The number of hydrogen-bond donors (Lipinski definition) is 1. The van der Waals surface area contributed by atoms with Crippen LogP contribution in [0.25, 0.3) is 0 Å². The fraction of sp³-hybridized carbons (Fsp3) is 0.235. The number of amides is 1. The first-order valence-corrected chi connectivity index (χ1v) is 7.49. The fourth-order valence-electron chi connectivity index (χ4n) is 2.20. The average molecular weight is 328 g/mol. The number of nitrogens with zero attached hydrogens (tertiary/aromatic N) is 1. The highest BCUT2D eigenvalue weighted by molar-refractivity contribution is 5.97. The second-order valence-electron chi connectivity index (χ2n) is 5.10. The maximum absolute atomic E-state index is 12.3. The van der Waals surface area contributed by atoms with Crippen molar-refractivity contribution in [2.75, 3.05) is 12.1 Å². The molecule has 2 heterocycles. The van der Waals surface area contributed by atoms with Crippen LogP contribution in [0.3, 0.4) is 0 Å². The zero-order valence-electron chi connectivity index (χ0n) is 13.0. The Balaban J connectivity index is 1.65. The highest BCUT2D eigenvalue weighted by Gasteiger charge is 2.23. The Labute approximate surface area is 138 Å². The number of ether oxygens (including phenoxy) is 3. The molecule has 24 heavy (non-hydrogen) atoms. The summed E-state index contributed by atoms with van der Waals surface area (Å²) in [7, 11) is 0. The van der Waals surface area contributed by atoms with E-state index in [4.69, 9.17) is 14.2 Å². The molecule has 0 saturated heterocycles. The zero-order chi connectivity index (χ0) is 16.9. The molecule has 0 radical (unpaired) electrons. The van der Waals surface area contributed by atoms with Crippen LogP contribution in [0.15, 0.2) is 42.7 Å². The molecule has 3 rings (SSSR count). The van der Waals surface area contributed by atoms with Crippen LogP contribution in [0.4, 0.5) is 5.69 Å². The summed E-state index contributed by atoms with van der Waals surface area (Å²) in [5.74, 6) is 0.225. The topological polar surface area (TPSA) is 86.8 Å². The van der Waals surface area contributed by atoms with Gasteiger partial charge in [-0.2, -0.15) is 0 Å². The minimum absolute atomic E-state index is 0.161. The molecule has 124 valence electrons. The number of aromatic nitrogens is 1. The van der Waals surface area contributed by atoms with E-state index in [1.54, 1.807) is 25.1 Å². The van der Waals surface area contributed by atoms with Gasteiger partial charge in [-0.15, -0.1) is 0 Å². The van der Waals surface area contributed by atoms with Crippen molar-refractivity contribution in [3.63, 3.8) is 0 Å². The SMILES string of the molecule is CCC(OC(=O)c1ccncc1)C(=O)Nc1ccc2c(c1)OCO2. The van der Waals surface area contributed by atoms with Crippen LogP contribution in [0.5, 0.6) is 11.5 Å². The molecule has 1 aliphatic heterocycles. The summed E-state index contributed by atoms with van der Waals surface area (Å²) in [6.07, 6.45) is 2.44. The van der Waals surface area contributed by atoms with E-state index >= 15 is 0 Å². The van der Waals surface area contributed by atoms with Gasteiger partial charge in [-0.3, -0.25) is 9.78 Å². The maximum Gasteiger partial charge on any atom is 0.339 e. The number of rotatable bonds is 5. The number of carbonyl (C=O) groups is 2. The van der Waals surface area contributed by atoms with Crippen molar-refractivity contribution in [3.8, 4) is 11.5 Å². The first-order chi connectivity index (χ1) is 11.7. The lowest BCUT2D eigenvalue weighted by Crippen LogP contribution is -2.32. The summed E-state index contributed by atoms with van der Waals surface area (Å²) >= 11 is 0. The molecular weight excluding hydrogens is 312 g/mol. The number of nitrogens with one attached hydrogen (secondary N) is 1. The third kappa shape index (κ3) is 3.45. The Morgan fingerprint density at radius 1 is 1.21 bits per heavy atom. The Hall–Kier alpha value is -3.09. The van der Waals surface area contributed by atoms with Crippen molar-refractivity contribution in [1.82, 2.24) is 4.98 Å². The van der Waals surface area contributed by atoms with E-state index in [0.29, 0.717) is 29.2 Å². The molecule has 2 aromatic rings. The molecule has 1 aromatic carbocycles. The van der Waals surface area contributed by atoms with Crippen LogP contribution < -0.4 is 14.8 Å². The first-order valence-electron chi connectivity index (χ1n) is 7.49. The van der Waals surface area contributed by atoms with Gasteiger partial charge in [0.15, 0.2) is 17.6 Å². The summed E-state index contributed by atoms with van der Waals surface area (Å²) in [5, 5.41) is 2.72. The number of benzene rings is 1. The molecule has 1 atom stereocenters. The first kappa shape index (κ1) is 15.8. The second kappa shape index (κ2) is 6.99. The molecule has 1 amide bonds. The zero-order valence-corrected chi connectivity index (χ0v) is 13.0. The summed E-state index contributed by atoms with van der Waals surface area (Å²) in [6, 6.07) is 8.14. The number of anilines is 1. The van der Waals surface area contributed by atoms with Crippen LogP contribution in [0.1, 0.15) is 23.7 Å². The van der Waals surface area contributed by atoms with E-state index in [-0.39, 0.29) is 6.79 Å². The number of pyridine rings is 1. The number of fused-ring (bicyclic) bond motifs is 1. The summed E-state index contributed by atoms with van der Waals surface area (Å²) in [4.78, 5) is 28.2. The molecule has 0 spiro atoms. The second-order valence-corrected chi connectivity index (χ2v) is 5.10. The van der Waals surface area contributed by atoms with Gasteiger partial charge < -0.3 is 19.5 Å². The Bertz CT molecular complexity index is 748. The van der Waals surface area contributed by atoms with E-state index in [0.717, 1.165) is 0 Å². The molecular formula is C17H16N2O5. The predicted octanol–water partition coefficient (Wildman–Crippen LogP) is 2.38. The quantitative estimate of drug-likeness (QED) is 0.848. The van der Waals surface area contributed by atoms with Gasteiger partial charge in [0.1, 0.15) is 0 Å². The Morgan fingerprint density at radius 2 is 1.96 bits per heavy atom. The highest BCUT2D eigenvalue weighted by Crippen LogP contribution is 2.34. The van der Waals surface area contributed by atoms with Gasteiger partial charge in [0.25, 0.3) is 5.91 Å². The summed E-state index contributed by atoms with van der Waals surface area (Å²) in [5.41, 5.74) is 0.891. The standard InChI is InChI=1S/C17H16N2O5/c1-2-13(24-17(21)11-5-7-18-8-6-11)16(20)19-12-3-4-14-15(9-12)23-10-22-14/h3-9,13H,2,10H2,1H3,(H,19,20). The molecule has 0 bridgehead atoms. The minimum atomic E-state index is -0.893. The van der Waals surface area contributed by atoms with E-state index in [1.165, 1.54) is 24.5 Å². The number of hydrogen-bond acceptors (Lipinski definition) is 6. The molecule has 7 heteroatoms. The molecule has 1 aliphatic rings. The monoisotopic (exact) mass is 328 g/mol. The van der Waals surface area contributed by atoms with Crippen molar-refractivity contribution in [3.05, 3.63) is 48.3 Å². The largest absolute Gasteiger partial charge is 0.454 e. The predicted molar refractivity (Wildman–Crippen MR) is 84.9 cm³/mol. The lowest BCUT2D eigenvalue weighted by molar-refractivity contribution is -0.124. The van der Waals surface area contributed by atoms with Crippen molar-refractivity contribution in [1.29, 1.82) is 0 Å². The van der Waals surface area contributed by atoms with Crippen LogP contribution >= 0.6 is 0 Å². The van der Waals surface area contributed by atoms with Crippen LogP contribution in [0, 0.1) is 0 Å². The number of carbonyl (C=O) groups excluding carboxylic acids is 2. The molecule has 1 unspecified atom stereocenters. The van der Waals surface area contributed by atoms with Crippen molar-refractivity contribution >= 4 is 17.6 Å². The lowest BCUT2D eigenvalue weighted by Gasteiger charge is -2.16. The normalized spacial score (nSPS) is 13.2. The summed E-state index contributed by atoms with van der Waals surface area (Å²) < 4.78 is 15.8. The molecule has 1 N–H and O–H groups in total. The van der Waals surface area contributed by atoms with Crippen molar-refractivity contribution < 1.29 is 23.8 Å². The highest BCUT2D eigenvalue weighted by atomic mass is 16.7. The average Bonchev–Trinajstić information content (AvgIpc) is 3.07. The van der Waals surface area contributed by atoms with Gasteiger partial charge >= 0.3 is 5.97 Å². The molecule has 0 saturated carbocycles. The van der Waals surface area contributed by atoms with Gasteiger partial charge in [0.2, 0.25) is 6.79 Å². The smallest absolute Gasteiger partial charge is 0.339 e. The van der Waals surface area contributed by atoms with Gasteiger partial charge in [-0.1, -0.05) is 6.92 Å². The fourth-order valence-corrected chi connectivity index (χ4v) is 2.20. The van der Waals surface area contributed by atoms with E-state index in [2.05, 4.69) is 10.3 Å². The molecule has 7 nitrogen and oxygen atoms in total. The van der Waals surface area contributed by atoms with Crippen LogP contribution in [-0.4, -0.2) is 29.8 Å². The van der Waals surface area contributed by atoms with E-state index < -0.39 is 18.0 Å². The van der Waals surface area contributed by atoms with Crippen LogP contribution in [-0.2, 0) is 9.53 Å². The Kier molecular flexibility index (Phi) is 4.60. The maximum atomic E-state index is 12.3. The van der Waals surface area contributed by atoms with Crippen molar-refractivity contribution in [2.45, 2.75) is 19.4 Å². The third-order valence-electron chi connectivity index (χ3n) is 3.47. The minimum Gasteiger partial charge on any atom is -0.454 e. The van der Waals surface area contributed by atoms with Gasteiger partial charge in [0, 0.05) is 24.1 Å². The van der Waals surface area contributed by atoms with Gasteiger partial charge in [-0.25, -0.2) is 4.79 Å². The van der Waals surface area contributed by atoms with Gasteiger partial charge in [-0.05, 0) is 30.7 Å². The molecule has 0 fully saturated rings. The molecule has 0 aliphatic carbocycles. The Morgan fingerprint density at radius 3 is 2.71 bits per heavy atom. The lowest BCUT2D eigenvalue weighted by atomic mass is 10.2. The van der Waals surface area contributed by atoms with Gasteiger partial charge in [0.05, 0.1) is 5.56 Å². The number of esters is 1. The third-order valence-corrected chi connectivity index (χ3v) is 3.47. The van der Waals surface area contributed by atoms with Crippen molar-refractivity contribution in [2.24, 2.45) is 0 Å². The van der Waals surface area contributed by atoms with E-state index in [9.17, 15) is 9.59 Å². The van der Waals surface area contributed by atoms with E-state index in [1.807, 2.05) is 0 Å². The summed E-state index contributed by atoms with van der Waals surface area (Å²) in [6.45, 7) is 1.93. The molecule has 1 aromatic heterocycles. The van der Waals surface area contributed by atoms with Crippen LogP contribution in [0.2, 0.25) is 0 Å².